The molecule has 0 aromatic heterocycles. The van der Waals surface area contributed by atoms with E-state index in [2.05, 4.69) is 23.5 Å². The van der Waals surface area contributed by atoms with E-state index >= 15 is 0 Å². The molecule has 0 unspecified atom stereocenters. The Hall–Kier alpha value is -1.51. The van der Waals surface area contributed by atoms with Gasteiger partial charge in [0, 0.05) is 12.2 Å². The molecule has 3 nitrogen and oxygen atoms in total. The molecule has 0 radical (unpaired) electrons. The second kappa shape index (κ2) is 4.40. The van der Waals surface area contributed by atoms with Crippen molar-refractivity contribution < 1.29 is 9.53 Å². The zero-order valence-corrected chi connectivity index (χ0v) is 9.87. The standard InChI is InChI=1S/C14H17NO2/c16-14-9-11(5-7-17-14)10-3-4-13-12(8-10)2-1-6-15-13/h3-4,8,11,15H,1-2,5-7,9H2/t11-/m1/s1. The summed E-state index contributed by atoms with van der Waals surface area (Å²) >= 11 is 0. The van der Waals surface area contributed by atoms with Crippen molar-refractivity contribution in [3.8, 4) is 0 Å². The van der Waals surface area contributed by atoms with Crippen molar-refractivity contribution >= 4 is 11.7 Å². The smallest absolute Gasteiger partial charge is 0.306 e. The summed E-state index contributed by atoms with van der Waals surface area (Å²) in [6, 6.07) is 6.58. The van der Waals surface area contributed by atoms with Crippen LogP contribution < -0.4 is 5.32 Å². The van der Waals surface area contributed by atoms with E-state index in [1.54, 1.807) is 0 Å². The SMILES string of the molecule is O=C1C[C@H](c2ccc3c(c2)CCCN3)CCO1. The first-order chi connectivity index (χ1) is 8.33. The minimum Gasteiger partial charge on any atom is -0.466 e. The second-order valence-corrected chi connectivity index (χ2v) is 4.86. The van der Waals surface area contributed by atoms with Gasteiger partial charge in [0.15, 0.2) is 0 Å². The Morgan fingerprint density at radius 3 is 3.18 bits per heavy atom. The Bertz CT molecular complexity index is 442. The van der Waals surface area contributed by atoms with Crippen LogP contribution in [-0.2, 0) is 16.0 Å². The molecule has 0 amide bonds. The van der Waals surface area contributed by atoms with Gasteiger partial charge < -0.3 is 10.1 Å². The number of fused-ring (bicyclic) bond motifs is 1. The predicted molar refractivity (Wildman–Crippen MR) is 66.2 cm³/mol. The van der Waals surface area contributed by atoms with Crippen LogP contribution in [0.4, 0.5) is 5.69 Å². The van der Waals surface area contributed by atoms with Gasteiger partial charge in [-0.1, -0.05) is 12.1 Å². The number of hydrogen-bond donors (Lipinski definition) is 1. The molecule has 1 aromatic carbocycles. The van der Waals surface area contributed by atoms with Gasteiger partial charge >= 0.3 is 5.97 Å². The van der Waals surface area contributed by atoms with Crippen molar-refractivity contribution in [3.05, 3.63) is 29.3 Å². The molecule has 1 fully saturated rings. The number of ether oxygens (including phenoxy) is 1. The van der Waals surface area contributed by atoms with Crippen LogP contribution in [-0.4, -0.2) is 19.1 Å². The van der Waals surface area contributed by atoms with Gasteiger partial charge in [-0.05, 0) is 42.4 Å². The highest BCUT2D eigenvalue weighted by molar-refractivity contribution is 5.71. The number of cyclic esters (lactones) is 1. The molecule has 17 heavy (non-hydrogen) atoms. The lowest BCUT2D eigenvalue weighted by molar-refractivity contribution is -0.147. The number of nitrogens with one attached hydrogen (secondary N) is 1. The highest BCUT2D eigenvalue weighted by Crippen LogP contribution is 2.31. The summed E-state index contributed by atoms with van der Waals surface area (Å²) in [7, 11) is 0. The molecule has 0 spiro atoms. The van der Waals surface area contributed by atoms with E-state index in [-0.39, 0.29) is 5.97 Å². The minimum absolute atomic E-state index is 0.0582. The first-order valence-electron chi connectivity index (χ1n) is 6.35. The Labute approximate surface area is 101 Å². The van der Waals surface area contributed by atoms with Crippen molar-refractivity contribution in [1.82, 2.24) is 0 Å². The molecular formula is C14H17NO2. The topological polar surface area (TPSA) is 38.3 Å². The van der Waals surface area contributed by atoms with Gasteiger partial charge in [-0.3, -0.25) is 4.79 Å². The minimum atomic E-state index is -0.0582. The van der Waals surface area contributed by atoms with Gasteiger partial charge in [0.25, 0.3) is 0 Å². The highest BCUT2D eigenvalue weighted by atomic mass is 16.5. The Morgan fingerprint density at radius 2 is 2.29 bits per heavy atom. The van der Waals surface area contributed by atoms with Gasteiger partial charge in [-0.2, -0.15) is 0 Å². The lowest BCUT2D eigenvalue weighted by atomic mass is 9.88. The van der Waals surface area contributed by atoms with E-state index in [0.717, 1.165) is 19.4 Å². The number of aryl methyl sites for hydroxylation is 1. The number of anilines is 1. The van der Waals surface area contributed by atoms with Gasteiger partial charge in [0.2, 0.25) is 0 Å². The van der Waals surface area contributed by atoms with Crippen molar-refractivity contribution in [2.45, 2.75) is 31.6 Å². The second-order valence-electron chi connectivity index (χ2n) is 4.86. The molecule has 0 aliphatic carbocycles. The van der Waals surface area contributed by atoms with Crippen LogP contribution in [0.15, 0.2) is 18.2 Å². The lowest BCUT2D eigenvalue weighted by Crippen LogP contribution is -2.20. The summed E-state index contributed by atoms with van der Waals surface area (Å²) < 4.78 is 4.99. The monoisotopic (exact) mass is 231 g/mol. The Morgan fingerprint density at radius 1 is 1.35 bits per heavy atom. The maximum absolute atomic E-state index is 11.3. The summed E-state index contributed by atoms with van der Waals surface area (Å²) in [5.74, 6) is 0.292. The lowest BCUT2D eigenvalue weighted by Gasteiger charge is -2.24. The number of carbonyl (C=O) groups excluding carboxylic acids is 1. The first-order valence-corrected chi connectivity index (χ1v) is 6.35. The first kappa shape index (κ1) is 10.6. The molecule has 2 aliphatic rings. The fourth-order valence-corrected chi connectivity index (χ4v) is 2.71. The summed E-state index contributed by atoms with van der Waals surface area (Å²) in [5.41, 5.74) is 3.95. The van der Waals surface area contributed by atoms with Crippen molar-refractivity contribution in [2.24, 2.45) is 0 Å². The highest BCUT2D eigenvalue weighted by Gasteiger charge is 2.23. The van der Waals surface area contributed by atoms with Crippen LogP contribution in [0.5, 0.6) is 0 Å². The number of esters is 1. The van der Waals surface area contributed by atoms with Crippen LogP contribution in [0.1, 0.15) is 36.3 Å². The Kier molecular flexibility index (Phi) is 2.75. The van der Waals surface area contributed by atoms with E-state index in [9.17, 15) is 4.79 Å². The molecule has 1 aromatic rings. The van der Waals surface area contributed by atoms with E-state index in [1.807, 2.05) is 0 Å². The third kappa shape index (κ3) is 2.14. The largest absolute Gasteiger partial charge is 0.466 e. The molecule has 1 atom stereocenters. The quantitative estimate of drug-likeness (QED) is 0.754. The van der Waals surface area contributed by atoms with Crippen LogP contribution in [0.3, 0.4) is 0 Å². The number of carbonyl (C=O) groups is 1. The molecule has 3 heteroatoms. The average molecular weight is 231 g/mol. The van der Waals surface area contributed by atoms with Crippen LogP contribution >= 0.6 is 0 Å². The van der Waals surface area contributed by atoms with Crippen molar-refractivity contribution in [3.63, 3.8) is 0 Å². The third-order valence-corrected chi connectivity index (χ3v) is 3.68. The molecule has 2 aliphatic heterocycles. The molecule has 90 valence electrons. The number of rotatable bonds is 1. The summed E-state index contributed by atoms with van der Waals surface area (Å²) in [4.78, 5) is 11.3. The fraction of sp³-hybridized carbons (Fsp3) is 0.500. The van der Waals surface area contributed by atoms with E-state index in [4.69, 9.17) is 4.74 Å². The van der Waals surface area contributed by atoms with Crippen LogP contribution in [0.2, 0.25) is 0 Å². The Balaban J connectivity index is 1.85. The van der Waals surface area contributed by atoms with Crippen molar-refractivity contribution in [1.29, 1.82) is 0 Å². The van der Waals surface area contributed by atoms with E-state index in [1.165, 1.54) is 23.2 Å². The number of hydrogen-bond acceptors (Lipinski definition) is 3. The maximum Gasteiger partial charge on any atom is 0.306 e. The van der Waals surface area contributed by atoms with Gasteiger partial charge in [0.05, 0.1) is 13.0 Å². The van der Waals surface area contributed by atoms with E-state index in [0.29, 0.717) is 18.9 Å². The summed E-state index contributed by atoms with van der Waals surface area (Å²) in [5, 5.41) is 3.41. The van der Waals surface area contributed by atoms with Gasteiger partial charge in [0.1, 0.15) is 0 Å². The van der Waals surface area contributed by atoms with E-state index < -0.39 is 0 Å². The predicted octanol–water partition coefficient (Wildman–Crippen LogP) is 2.47. The molecule has 3 rings (SSSR count). The molecule has 0 bridgehead atoms. The van der Waals surface area contributed by atoms with Crippen LogP contribution in [0, 0.1) is 0 Å². The molecule has 1 N–H and O–H groups in total. The fourth-order valence-electron chi connectivity index (χ4n) is 2.71. The molecule has 2 heterocycles. The normalized spacial score (nSPS) is 23.5. The van der Waals surface area contributed by atoms with Gasteiger partial charge in [-0.15, -0.1) is 0 Å². The molecule has 1 saturated heterocycles. The zero-order chi connectivity index (χ0) is 11.7. The number of benzene rings is 1. The summed E-state index contributed by atoms with van der Waals surface area (Å²) in [6.45, 7) is 1.64. The third-order valence-electron chi connectivity index (χ3n) is 3.68. The molecular weight excluding hydrogens is 214 g/mol. The van der Waals surface area contributed by atoms with Gasteiger partial charge in [-0.25, -0.2) is 0 Å². The average Bonchev–Trinajstić information content (AvgIpc) is 2.38. The van der Waals surface area contributed by atoms with Crippen LogP contribution in [0.25, 0.3) is 0 Å². The van der Waals surface area contributed by atoms with Crippen molar-refractivity contribution in [2.75, 3.05) is 18.5 Å². The molecule has 0 saturated carbocycles. The maximum atomic E-state index is 11.3. The zero-order valence-electron chi connectivity index (χ0n) is 9.87. The summed E-state index contributed by atoms with van der Waals surface area (Å²) in [6.07, 6.45) is 3.83.